The number of nitrogens with zero attached hydrogens (tertiary/aromatic N) is 1. The van der Waals surface area contributed by atoms with Crippen molar-refractivity contribution in [2.24, 2.45) is 0 Å². The zero-order valence-electron chi connectivity index (χ0n) is 6.16. The van der Waals surface area contributed by atoms with Gasteiger partial charge in [0.1, 0.15) is 0 Å². The smallest absolute Gasteiger partial charge is 0.407 e. The van der Waals surface area contributed by atoms with Crippen LogP contribution in [0.4, 0.5) is 4.79 Å². The quantitative estimate of drug-likeness (QED) is 0.456. The first kappa shape index (κ1) is 8.29. The van der Waals surface area contributed by atoms with E-state index in [2.05, 4.69) is 5.32 Å². The van der Waals surface area contributed by atoms with E-state index in [9.17, 15) is 4.79 Å². The van der Waals surface area contributed by atoms with Gasteiger partial charge in [-0.2, -0.15) is 0 Å². The number of carbonyl (C=O) groups is 1. The molecule has 0 radical (unpaired) electrons. The van der Waals surface area contributed by atoms with Gasteiger partial charge in [0.2, 0.25) is 0 Å². The number of rotatable bonds is 1. The van der Waals surface area contributed by atoms with Crippen molar-refractivity contribution >= 4 is 6.09 Å². The van der Waals surface area contributed by atoms with Crippen LogP contribution in [0.15, 0.2) is 0 Å². The van der Waals surface area contributed by atoms with Crippen molar-refractivity contribution in [1.29, 1.82) is 0 Å². The van der Waals surface area contributed by atoms with Crippen LogP contribution in [-0.2, 0) is 0 Å². The molecule has 64 valence electrons. The predicted molar refractivity (Wildman–Crippen MR) is 38.5 cm³/mol. The summed E-state index contributed by atoms with van der Waals surface area (Å²) < 4.78 is 0. The van der Waals surface area contributed by atoms with Crippen LogP contribution in [0.1, 0.15) is 0 Å². The minimum Gasteiger partial charge on any atom is -0.465 e. The number of nitrogens with one attached hydrogen (secondary N) is 1. The van der Waals surface area contributed by atoms with Crippen LogP contribution in [-0.4, -0.2) is 53.5 Å². The Labute approximate surface area is 64.6 Å². The Balaban J connectivity index is 2.51. The Bertz CT molecular complexity index is 151. The van der Waals surface area contributed by atoms with Gasteiger partial charge in [0, 0.05) is 19.6 Å². The van der Waals surface area contributed by atoms with Gasteiger partial charge in [-0.15, -0.1) is 0 Å². The molecule has 0 bridgehead atoms. The number of hydrogen-bond acceptors (Lipinski definition) is 3. The minimum absolute atomic E-state index is 0.112. The number of hydrogen-bond donors (Lipinski definition) is 3. The van der Waals surface area contributed by atoms with E-state index in [-0.39, 0.29) is 12.6 Å². The Morgan fingerprint density at radius 3 is 2.91 bits per heavy atom. The van der Waals surface area contributed by atoms with Crippen molar-refractivity contribution in [3.05, 3.63) is 0 Å². The average molecular weight is 160 g/mol. The number of carboxylic acid groups (broad SMARTS) is 1. The first-order valence-electron chi connectivity index (χ1n) is 3.57. The van der Waals surface area contributed by atoms with Crippen LogP contribution in [0.2, 0.25) is 0 Å². The normalized spacial score (nSPS) is 25.2. The number of amides is 1. The summed E-state index contributed by atoms with van der Waals surface area (Å²) in [5.74, 6) is 0. The molecule has 1 aliphatic heterocycles. The lowest BCUT2D eigenvalue weighted by Crippen LogP contribution is -2.54. The fourth-order valence-electron chi connectivity index (χ4n) is 1.18. The zero-order valence-corrected chi connectivity index (χ0v) is 6.16. The highest BCUT2D eigenvalue weighted by atomic mass is 16.4. The van der Waals surface area contributed by atoms with E-state index in [0.29, 0.717) is 19.6 Å². The molecule has 3 N–H and O–H groups in total. The molecule has 0 saturated carbocycles. The largest absolute Gasteiger partial charge is 0.465 e. The lowest BCUT2D eigenvalue weighted by atomic mass is 10.2. The van der Waals surface area contributed by atoms with E-state index in [1.807, 2.05) is 0 Å². The molecular formula is C6H12N2O3. The molecule has 1 atom stereocenters. The molecule has 5 heteroatoms. The van der Waals surface area contributed by atoms with Gasteiger partial charge in [-0.25, -0.2) is 4.79 Å². The van der Waals surface area contributed by atoms with Gasteiger partial charge < -0.3 is 20.4 Å². The van der Waals surface area contributed by atoms with E-state index in [0.717, 1.165) is 0 Å². The summed E-state index contributed by atoms with van der Waals surface area (Å²) in [5.41, 5.74) is 0. The molecule has 1 aliphatic rings. The van der Waals surface area contributed by atoms with E-state index >= 15 is 0 Å². The van der Waals surface area contributed by atoms with Gasteiger partial charge >= 0.3 is 6.09 Å². The molecule has 11 heavy (non-hydrogen) atoms. The van der Waals surface area contributed by atoms with Crippen LogP contribution in [0.3, 0.4) is 0 Å². The molecule has 1 amide bonds. The monoisotopic (exact) mass is 160 g/mol. The van der Waals surface area contributed by atoms with Crippen LogP contribution in [0.25, 0.3) is 0 Å². The summed E-state index contributed by atoms with van der Waals surface area (Å²) in [6.45, 7) is 1.56. The van der Waals surface area contributed by atoms with Gasteiger partial charge in [-0.05, 0) is 0 Å². The highest BCUT2D eigenvalue weighted by Gasteiger charge is 2.24. The van der Waals surface area contributed by atoms with Gasteiger partial charge in [-0.1, -0.05) is 0 Å². The van der Waals surface area contributed by atoms with Gasteiger partial charge in [0.25, 0.3) is 0 Å². The van der Waals surface area contributed by atoms with E-state index in [1.54, 1.807) is 0 Å². The van der Waals surface area contributed by atoms with Crippen LogP contribution < -0.4 is 5.32 Å². The first-order chi connectivity index (χ1) is 5.25. The Morgan fingerprint density at radius 2 is 2.45 bits per heavy atom. The topological polar surface area (TPSA) is 72.8 Å². The lowest BCUT2D eigenvalue weighted by Gasteiger charge is -2.32. The summed E-state index contributed by atoms with van der Waals surface area (Å²) >= 11 is 0. The molecule has 0 aromatic carbocycles. The fraction of sp³-hybridized carbons (Fsp3) is 0.833. The third-order valence-electron chi connectivity index (χ3n) is 1.81. The van der Waals surface area contributed by atoms with Crippen molar-refractivity contribution in [3.8, 4) is 0 Å². The standard InChI is InChI=1S/C6H12N2O3/c9-4-5-3-7-1-2-8(5)6(10)11/h5,7,9H,1-4H2,(H,10,11)/t5-/m0/s1. The molecule has 0 unspecified atom stereocenters. The predicted octanol–water partition coefficient (Wildman–Crippen LogP) is -1.07. The highest BCUT2D eigenvalue weighted by Crippen LogP contribution is 2.01. The average Bonchev–Trinajstić information content (AvgIpc) is 2.04. The number of aliphatic hydroxyl groups is 1. The Morgan fingerprint density at radius 1 is 1.73 bits per heavy atom. The maximum absolute atomic E-state index is 10.5. The number of piperazine rings is 1. The van der Waals surface area contributed by atoms with Gasteiger partial charge in [0.15, 0.2) is 0 Å². The molecule has 0 aliphatic carbocycles. The van der Waals surface area contributed by atoms with Crippen molar-refractivity contribution in [1.82, 2.24) is 10.2 Å². The third kappa shape index (κ3) is 1.81. The SMILES string of the molecule is O=C(O)N1CCNC[C@H]1CO. The van der Waals surface area contributed by atoms with E-state index < -0.39 is 6.09 Å². The molecule has 0 spiro atoms. The summed E-state index contributed by atoms with van der Waals surface area (Å²) in [4.78, 5) is 11.8. The summed E-state index contributed by atoms with van der Waals surface area (Å²) in [7, 11) is 0. The van der Waals surface area contributed by atoms with E-state index in [1.165, 1.54) is 4.90 Å². The molecule has 0 aromatic heterocycles. The van der Waals surface area contributed by atoms with Gasteiger partial charge in [-0.3, -0.25) is 0 Å². The Kier molecular flexibility index (Phi) is 2.67. The van der Waals surface area contributed by atoms with Crippen LogP contribution in [0, 0.1) is 0 Å². The molecule has 1 rings (SSSR count). The van der Waals surface area contributed by atoms with Crippen LogP contribution >= 0.6 is 0 Å². The molecule has 5 nitrogen and oxygen atoms in total. The molecule has 1 heterocycles. The second-order valence-electron chi connectivity index (χ2n) is 2.52. The molecular weight excluding hydrogens is 148 g/mol. The van der Waals surface area contributed by atoms with Crippen molar-refractivity contribution in [2.45, 2.75) is 6.04 Å². The summed E-state index contributed by atoms with van der Waals surface area (Å²) in [5, 5.41) is 20.4. The van der Waals surface area contributed by atoms with Crippen molar-refractivity contribution in [2.75, 3.05) is 26.2 Å². The summed E-state index contributed by atoms with van der Waals surface area (Å²) in [6, 6.07) is -0.277. The minimum atomic E-state index is -0.953. The third-order valence-corrected chi connectivity index (χ3v) is 1.81. The van der Waals surface area contributed by atoms with E-state index in [4.69, 9.17) is 10.2 Å². The highest BCUT2D eigenvalue weighted by molar-refractivity contribution is 5.65. The number of aliphatic hydroxyl groups excluding tert-OH is 1. The maximum Gasteiger partial charge on any atom is 0.407 e. The Hall–Kier alpha value is -0.810. The maximum atomic E-state index is 10.5. The molecule has 0 aromatic rings. The fourth-order valence-corrected chi connectivity index (χ4v) is 1.18. The first-order valence-corrected chi connectivity index (χ1v) is 3.57. The summed E-state index contributed by atoms with van der Waals surface area (Å²) in [6.07, 6.45) is -0.953. The lowest BCUT2D eigenvalue weighted by molar-refractivity contribution is 0.0846. The zero-order chi connectivity index (χ0) is 8.27. The molecule has 1 saturated heterocycles. The van der Waals surface area contributed by atoms with Gasteiger partial charge in [0.05, 0.1) is 12.6 Å². The van der Waals surface area contributed by atoms with Crippen molar-refractivity contribution < 1.29 is 15.0 Å². The van der Waals surface area contributed by atoms with Crippen LogP contribution in [0.5, 0.6) is 0 Å². The van der Waals surface area contributed by atoms with Crippen molar-refractivity contribution in [3.63, 3.8) is 0 Å². The second kappa shape index (κ2) is 3.54. The second-order valence-corrected chi connectivity index (χ2v) is 2.52. The molecule has 1 fully saturated rings.